The van der Waals surface area contributed by atoms with Gasteiger partial charge >= 0.3 is 11.9 Å². The minimum Gasteiger partial charge on any atom is -0.481 e. The predicted octanol–water partition coefficient (Wildman–Crippen LogP) is 4.72. The number of carboxylic acid groups (broad SMARTS) is 2. The van der Waals surface area contributed by atoms with Crippen LogP contribution in [0.5, 0.6) is 0 Å². The number of rotatable bonds is 15. The first-order valence-electron chi connectivity index (χ1n) is 14.9. The van der Waals surface area contributed by atoms with Gasteiger partial charge in [0.25, 0.3) is 0 Å². The monoisotopic (exact) mass is 538 g/mol. The van der Waals surface area contributed by atoms with Gasteiger partial charge in [-0.25, -0.2) is 0 Å². The molecule has 38 heavy (non-hydrogen) atoms. The molecule has 0 amide bonds. The normalized spacial score (nSPS) is 23.1. The molecule has 2 heterocycles. The first-order valence-corrected chi connectivity index (χ1v) is 14.9. The molecule has 8 heteroatoms. The van der Waals surface area contributed by atoms with Crippen LogP contribution in [0.3, 0.4) is 0 Å². The number of carboxylic acids is 2. The Morgan fingerprint density at radius 2 is 0.868 bits per heavy atom. The largest absolute Gasteiger partial charge is 0.481 e. The summed E-state index contributed by atoms with van der Waals surface area (Å²) in [5, 5.41) is 26.1. The van der Waals surface area contributed by atoms with Gasteiger partial charge in [-0.05, 0) is 107 Å². The summed E-state index contributed by atoms with van der Waals surface area (Å²) in [6.45, 7) is 21.1. The molecule has 2 fully saturated rings. The Morgan fingerprint density at radius 3 is 1.13 bits per heavy atom. The molecule has 2 saturated heterocycles. The lowest BCUT2D eigenvalue weighted by Crippen LogP contribution is -2.62. The van der Waals surface area contributed by atoms with Gasteiger partial charge < -0.3 is 20.8 Å². The van der Waals surface area contributed by atoms with Crippen molar-refractivity contribution >= 4 is 11.9 Å². The highest BCUT2D eigenvalue weighted by Crippen LogP contribution is 2.33. The Balaban J connectivity index is 1.89. The Morgan fingerprint density at radius 1 is 0.579 bits per heavy atom. The lowest BCUT2D eigenvalue weighted by molar-refractivity contribution is -0.138. The molecule has 0 saturated carbocycles. The van der Waals surface area contributed by atoms with Crippen LogP contribution in [-0.4, -0.2) is 92.4 Å². The van der Waals surface area contributed by atoms with Gasteiger partial charge in [-0.2, -0.15) is 0 Å². The molecule has 0 aromatic heterocycles. The first-order chi connectivity index (χ1) is 17.4. The number of carbonyl (C=O) groups is 2. The van der Waals surface area contributed by atoms with Crippen molar-refractivity contribution in [3.8, 4) is 0 Å². The van der Waals surface area contributed by atoms with E-state index in [4.69, 9.17) is 0 Å². The van der Waals surface area contributed by atoms with Crippen LogP contribution in [0.4, 0.5) is 0 Å². The zero-order chi connectivity index (χ0) is 28.8. The fraction of sp³-hybridized carbons (Fsp3) is 0.933. The highest BCUT2D eigenvalue weighted by Gasteiger charge is 2.41. The van der Waals surface area contributed by atoms with Gasteiger partial charge in [-0.15, -0.1) is 0 Å². The quantitative estimate of drug-likeness (QED) is 0.222. The Hall–Kier alpha value is -1.22. The number of unbranched alkanes of at least 4 members (excludes halogenated alkanes) is 3. The zero-order valence-electron chi connectivity index (χ0n) is 25.7. The lowest BCUT2D eigenvalue weighted by atomic mass is 9.79. The number of piperidine rings is 2. The lowest BCUT2D eigenvalue weighted by Gasteiger charge is -2.50. The second kappa shape index (κ2) is 13.4. The molecule has 0 bridgehead atoms. The summed E-state index contributed by atoms with van der Waals surface area (Å²) in [5.74, 6) is -1.46. The van der Waals surface area contributed by atoms with E-state index < -0.39 is 11.9 Å². The maximum absolute atomic E-state index is 11.3. The SMILES string of the molecule is CC1(C)CC(N(CCCCCCN(CCC(=O)O)C2CC(C)(C)NC(C)(C)C2)CCC(=O)O)CC(C)(C)N1. The average molecular weight is 539 g/mol. The van der Waals surface area contributed by atoms with E-state index in [0.717, 1.165) is 64.5 Å². The Bertz CT molecular complexity index is 684. The molecule has 0 atom stereocenters. The molecule has 0 aromatic rings. The molecular weight excluding hydrogens is 480 g/mol. The fourth-order valence-electron chi connectivity index (χ4n) is 7.47. The second-order valence-corrected chi connectivity index (χ2v) is 14.7. The second-order valence-electron chi connectivity index (χ2n) is 14.7. The van der Waals surface area contributed by atoms with Crippen LogP contribution in [0.25, 0.3) is 0 Å². The molecule has 8 nitrogen and oxygen atoms in total. The molecule has 2 rings (SSSR count). The minimum atomic E-state index is -0.729. The van der Waals surface area contributed by atoms with E-state index >= 15 is 0 Å². The number of hydrogen-bond donors (Lipinski definition) is 4. The van der Waals surface area contributed by atoms with E-state index in [1.165, 1.54) is 0 Å². The van der Waals surface area contributed by atoms with E-state index in [2.05, 4.69) is 75.8 Å². The van der Waals surface area contributed by atoms with Gasteiger partial charge in [-0.3, -0.25) is 19.4 Å². The van der Waals surface area contributed by atoms with E-state index in [9.17, 15) is 19.8 Å². The van der Waals surface area contributed by atoms with Crippen LogP contribution in [0.15, 0.2) is 0 Å². The summed E-state index contributed by atoms with van der Waals surface area (Å²) < 4.78 is 0. The molecule has 0 aliphatic carbocycles. The molecule has 4 N–H and O–H groups in total. The fourth-order valence-corrected chi connectivity index (χ4v) is 7.47. The van der Waals surface area contributed by atoms with Crippen LogP contribution in [-0.2, 0) is 9.59 Å². The number of aliphatic carboxylic acids is 2. The van der Waals surface area contributed by atoms with Crippen molar-refractivity contribution in [1.29, 1.82) is 0 Å². The third-order valence-corrected chi connectivity index (χ3v) is 8.24. The van der Waals surface area contributed by atoms with Crippen molar-refractivity contribution in [2.75, 3.05) is 26.2 Å². The third kappa shape index (κ3) is 11.9. The summed E-state index contributed by atoms with van der Waals surface area (Å²) in [6, 6.07) is 0.775. The van der Waals surface area contributed by atoms with Gasteiger partial charge in [0.05, 0.1) is 12.8 Å². The predicted molar refractivity (Wildman–Crippen MR) is 155 cm³/mol. The van der Waals surface area contributed by atoms with Gasteiger partial charge in [0, 0.05) is 47.3 Å². The maximum atomic E-state index is 11.3. The molecule has 0 unspecified atom stereocenters. The highest BCUT2D eigenvalue weighted by atomic mass is 16.4. The van der Waals surface area contributed by atoms with E-state index in [-0.39, 0.29) is 35.0 Å². The highest BCUT2D eigenvalue weighted by molar-refractivity contribution is 5.67. The molecular formula is C30H58N4O4. The molecule has 0 spiro atoms. The Kier molecular flexibility index (Phi) is 11.7. The summed E-state index contributed by atoms with van der Waals surface area (Å²) >= 11 is 0. The van der Waals surface area contributed by atoms with Crippen molar-refractivity contribution in [3.05, 3.63) is 0 Å². The molecule has 222 valence electrons. The van der Waals surface area contributed by atoms with E-state index in [0.29, 0.717) is 25.2 Å². The van der Waals surface area contributed by atoms with Crippen molar-refractivity contribution in [1.82, 2.24) is 20.4 Å². The van der Waals surface area contributed by atoms with Crippen LogP contribution < -0.4 is 10.6 Å². The molecule has 2 aliphatic heterocycles. The molecule has 2 aliphatic rings. The minimum absolute atomic E-state index is 0.0328. The summed E-state index contributed by atoms with van der Waals surface area (Å²) in [7, 11) is 0. The van der Waals surface area contributed by atoms with Gasteiger partial charge in [0.2, 0.25) is 0 Å². The number of nitrogens with one attached hydrogen (secondary N) is 2. The zero-order valence-corrected chi connectivity index (χ0v) is 25.7. The van der Waals surface area contributed by atoms with E-state index in [1.807, 2.05) is 0 Å². The molecule has 0 aromatic carbocycles. The number of nitrogens with zero attached hydrogens (tertiary/aromatic N) is 2. The van der Waals surface area contributed by atoms with Crippen molar-refractivity contribution in [3.63, 3.8) is 0 Å². The number of hydrogen-bond acceptors (Lipinski definition) is 6. The van der Waals surface area contributed by atoms with Gasteiger partial charge in [-0.1, -0.05) is 12.8 Å². The standard InChI is InChI=1S/C30H58N4O4/c1-27(2)19-23(20-28(3,4)31-27)33(17-13-25(35)36)15-11-9-10-12-16-34(18-14-26(37)38)24-21-29(5,6)32-30(7,8)22-24/h23-24,31-32H,9-22H2,1-8H3,(H,35,36)(H,37,38). The topological polar surface area (TPSA) is 105 Å². The summed E-state index contributed by atoms with van der Waals surface area (Å²) in [4.78, 5) is 27.5. The van der Waals surface area contributed by atoms with Crippen LogP contribution in [0.1, 0.15) is 120 Å². The van der Waals surface area contributed by atoms with Crippen molar-refractivity contribution in [2.24, 2.45) is 0 Å². The summed E-state index contributed by atoms with van der Waals surface area (Å²) in [6.07, 6.45) is 8.82. The first kappa shape index (κ1) is 33.0. The Labute approximate surface area is 232 Å². The van der Waals surface area contributed by atoms with Crippen LogP contribution in [0, 0.1) is 0 Å². The molecule has 0 radical (unpaired) electrons. The average Bonchev–Trinajstić information content (AvgIpc) is 2.69. The van der Waals surface area contributed by atoms with E-state index in [1.54, 1.807) is 0 Å². The smallest absolute Gasteiger partial charge is 0.304 e. The van der Waals surface area contributed by atoms with Crippen molar-refractivity contribution < 1.29 is 19.8 Å². The van der Waals surface area contributed by atoms with Crippen molar-refractivity contribution in [2.45, 2.75) is 154 Å². The van der Waals surface area contributed by atoms with Crippen LogP contribution >= 0.6 is 0 Å². The third-order valence-electron chi connectivity index (χ3n) is 8.24. The summed E-state index contributed by atoms with van der Waals surface area (Å²) in [5.41, 5.74) is 0.131. The van der Waals surface area contributed by atoms with Gasteiger partial charge in [0.15, 0.2) is 0 Å². The maximum Gasteiger partial charge on any atom is 0.304 e. The van der Waals surface area contributed by atoms with Crippen LogP contribution in [0.2, 0.25) is 0 Å². The van der Waals surface area contributed by atoms with Gasteiger partial charge in [0.1, 0.15) is 0 Å².